The highest BCUT2D eigenvalue weighted by atomic mass is 32.1. The summed E-state index contributed by atoms with van der Waals surface area (Å²) in [5.41, 5.74) is 4.51. The van der Waals surface area contributed by atoms with Gasteiger partial charge in [-0.05, 0) is 25.5 Å². The predicted octanol–water partition coefficient (Wildman–Crippen LogP) is 3.16. The first kappa shape index (κ1) is 19.8. The Balaban J connectivity index is 1.45. The first-order valence-corrected chi connectivity index (χ1v) is 10.3. The molecule has 1 aliphatic heterocycles. The van der Waals surface area contributed by atoms with Gasteiger partial charge in [0.25, 0.3) is 5.91 Å². The van der Waals surface area contributed by atoms with E-state index in [0.717, 1.165) is 21.1 Å². The third-order valence-corrected chi connectivity index (χ3v) is 5.88. The summed E-state index contributed by atoms with van der Waals surface area (Å²) in [7, 11) is 0. The number of urea groups is 1. The van der Waals surface area contributed by atoms with Crippen LogP contribution in [0, 0.1) is 6.92 Å². The number of hydrogen-bond donors (Lipinski definition) is 2. The average molecular weight is 420 g/mol. The lowest BCUT2D eigenvalue weighted by Gasteiger charge is -2.22. The minimum absolute atomic E-state index is 0.0403. The number of imide groups is 1. The van der Waals surface area contributed by atoms with Gasteiger partial charge in [-0.3, -0.25) is 15.0 Å². The van der Waals surface area contributed by atoms with Crippen LogP contribution in [0.1, 0.15) is 23.7 Å². The third-order valence-electron chi connectivity index (χ3n) is 4.94. The molecule has 4 rings (SSSR count). The van der Waals surface area contributed by atoms with Crippen molar-refractivity contribution in [3.05, 3.63) is 76.8 Å². The maximum Gasteiger partial charge on any atom is 0.344 e. The van der Waals surface area contributed by atoms with E-state index in [4.69, 9.17) is 0 Å². The van der Waals surface area contributed by atoms with Gasteiger partial charge in [0, 0.05) is 10.9 Å². The highest BCUT2D eigenvalue weighted by Crippen LogP contribution is 2.28. The molecule has 1 fully saturated rings. The zero-order valence-electron chi connectivity index (χ0n) is 16.5. The number of hydrazine groups is 1. The molecule has 2 aromatic carbocycles. The van der Waals surface area contributed by atoms with Crippen LogP contribution in [0.25, 0.3) is 10.6 Å². The zero-order valence-corrected chi connectivity index (χ0v) is 17.3. The molecular formula is C22H20N4O3S. The van der Waals surface area contributed by atoms with Crippen LogP contribution < -0.4 is 10.7 Å². The average Bonchev–Trinajstić information content (AvgIpc) is 3.28. The smallest absolute Gasteiger partial charge is 0.318 e. The van der Waals surface area contributed by atoms with Gasteiger partial charge >= 0.3 is 6.03 Å². The quantitative estimate of drug-likeness (QED) is 0.621. The van der Waals surface area contributed by atoms with Crippen molar-refractivity contribution >= 4 is 29.2 Å². The summed E-state index contributed by atoms with van der Waals surface area (Å²) in [4.78, 5) is 42.2. The normalized spacial score (nSPS) is 18.4. The number of carbonyl (C=O) groups excluding carboxylic acids is 3. The van der Waals surface area contributed by atoms with E-state index in [9.17, 15) is 14.4 Å². The Morgan fingerprint density at radius 1 is 1.17 bits per heavy atom. The van der Waals surface area contributed by atoms with Crippen LogP contribution in [0.2, 0.25) is 0 Å². The molecule has 3 aromatic rings. The summed E-state index contributed by atoms with van der Waals surface area (Å²) in [5, 5.41) is 6.01. The molecule has 0 aliphatic carbocycles. The molecule has 8 heteroatoms. The Hall–Kier alpha value is -3.52. The molecule has 1 aromatic heterocycles. The van der Waals surface area contributed by atoms with E-state index in [1.165, 1.54) is 11.3 Å². The molecule has 4 amide bonds. The van der Waals surface area contributed by atoms with E-state index in [-0.39, 0.29) is 6.42 Å². The molecular weight excluding hydrogens is 400 g/mol. The molecule has 1 unspecified atom stereocenters. The lowest BCUT2D eigenvalue weighted by atomic mass is 9.92. The van der Waals surface area contributed by atoms with Gasteiger partial charge in [0.1, 0.15) is 10.5 Å². The van der Waals surface area contributed by atoms with E-state index in [2.05, 4.69) is 15.7 Å². The molecule has 30 heavy (non-hydrogen) atoms. The van der Waals surface area contributed by atoms with Crippen LogP contribution in [-0.2, 0) is 21.5 Å². The van der Waals surface area contributed by atoms with Crippen LogP contribution in [0.3, 0.4) is 0 Å². The molecule has 152 valence electrons. The van der Waals surface area contributed by atoms with E-state index < -0.39 is 23.4 Å². The first-order valence-electron chi connectivity index (χ1n) is 9.40. The van der Waals surface area contributed by atoms with Crippen molar-refractivity contribution in [2.24, 2.45) is 0 Å². The van der Waals surface area contributed by atoms with Crippen molar-refractivity contribution in [2.45, 2.75) is 25.8 Å². The molecule has 1 aliphatic rings. The predicted molar refractivity (Wildman–Crippen MR) is 113 cm³/mol. The van der Waals surface area contributed by atoms with Crippen molar-refractivity contribution < 1.29 is 14.4 Å². The second-order valence-electron chi connectivity index (χ2n) is 7.29. The van der Waals surface area contributed by atoms with Crippen molar-refractivity contribution in [3.63, 3.8) is 0 Å². The number of aryl methyl sites for hydroxylation is 1. The molecule has 7 nitrogen and oxygen atoms in total. The van der Waals surface area contributed by atoms with Gasteiger partial charge in [-0.1, -0.05) is 54.1 Å². The number of thiazole rings is 1. The Bertz CT molecular complexity index is 1130. The van der Waals surface area contributed by atoms with Crippen LogP contribution in [0.5, 0.6) is 0 Å². The monoisotopic (exact) mass is 420 g/mol. The van der Waals surface area contributed by atoms with Gasteiger partial charge in [0.05, 0.1) is 12.1 Å². The molecule has 0 bridgehead atoms. The maximum atomic E-state index is 12.9. The molecule has 0 saturated carbocycles. The number of benzene rings is 2. The van der Waals surface area contributed by atoms with Crippen LogP contribution in [-0.4, -0.2) is 27.8 Å². The first-order chi connectivity index (χ1) is 14.4. The highest BCUT2D eigenvalue weighted by Gasteiger charge is 2.49. The molecule has 0 radical (unpaired) electrons. The van der Waals surface area contributed by atoms with E-state index >= 15 is 0 Å². The maximum absolute atomic E-state index is 12.9. The SMILES string of the molecule is Cc1cccc(-c2nc(CC(=O)NN3C(=O)NC(C)(c4ccccc4)C3=O)cs2)c1. The number of nitrogens with one attached hydrogen (secondary N) is 2. The fourth-order valence-corrected chi connectivity index (χ4v) is 4.15. The van der Waals surface area contributed by atoms with Crippen LogP contribution in [0.4, 0.5) is 4.79 Å². The van der Waals surface area contributed by atoms with Gasteiger partial charge in [-0.15, -0.1) is 11.3 Å². The Kier molecular flexibility index (Phi) is 5.09. The van der Waals surface area contributed by atoms with Crippen molar-refractivity contribution in [3.8, 4) is 10.6 Å². The molecule has 1 atom stereocenters. The summed E-state index contributed by atoms with van der Waals surface area (Å²) in [6.07, 6.45) is -0.0403. The molecule has 2 N–H and O–H groups in total. The Labute approximate surface area is 177 Å². The lowest BCUT2D eigenvalue weighted by molar-refractivity contribution is -0.138. The second-order valence-corrected chi connectivity index (χ2v) is 8.15. The number of rotatable bonds is 5. The number of carbonyl (C=O) groups is 3. The number of amides is 4. The summed E-state index contributed by atoms with van der Waals surface area (Å²) >= 11 is 1.44. The summed E-state index contributed by atoms with van der Waals surface area (Å²) in [6, 6.07) is 16.2. The second kappa shape index (κ2) is 7.72. The lowest BCUT2D eigenvalue weighted by Crippen LogP contribution is -2.48. The highest BCUT2D eigenvalue weighted by molar-refractivity contribution is 7.13. The Morgan fingerprint density at radius 2 is 1.93 bits per heavy atom. The van der Waals surface area contributed by atoms with Crippen molar-refractivity contribution in [1.82, 2.24) is 20.7 Å². The summed E-state index contributed by atoms with van der Waals surface area (Å²) in [5.74, 6) is -1.03. The van der Waals surface area contributed by atoms with E-state index in [1.54, 1.807) is 36.6 Å². The molecule has 1 saturated heterocycles. The minimum atomic E-state index is -1.23. The van der Waals surface area contributed by atoms with Gasteiger partial charge in [0.2, 0.25) is 5.91 Å². The topological polar surface area (TPSA) is 91.4 Å². The molecule has 2 heterocycles. The number of hydrogen-bond acceptors (Lipinski definition) is 5. The molecule has 0 spiro atoms. The Morgan fingerprint density at radius 3 is 2.67 bits per heavy atom. The van der Waals surface area contributed by atoms with Crippen LogP contribution >= 0.6 is 11.3 Å². The van der Waals surface area contributed by atoms with Gasteiger partial charge in [-0.2, -0.15) is 5.01 Å². The van der Waals surface area contributed by atoms with Crippen LogP contribution in [0.15, 0.2) is 60.0 Å². The van der Waals surface area contributed by atoms with E-state index in [1.807, 2.05) is 37.3 Å². The van der Waals surface area contributed by atoms with E-state index in [0.29, 0.717) is 11.3 Å². The fourth-order valence-electron chi connectivity index (χ4n) is 3.34. The van der Waals surface area contributed by atoms with Gasteiger partial charge in [0.15, 0.2) is 0 Å². The largest absolute Gasteiger partial charge is 0.344 e. The summed E-state index contributed by atoms with van der Waals surface area (Å²) < 4.78 is 0. The minimum Gasteiger partial charge on any atom is -0.318 e. The fraction of sp³-hybridized carbons (Fsp3) is 0.182. The summed E-state index contributed by atoms with van der Waals surface area (Å²) in [6.45, 7) is 3.62. The van der Waals surface area contributed by atoms with Gasteiger partial charge in [-0.25, -0.2) is 9.78 Å². The zero-order chi connectivity index (χ0) is 21.3. The van der Waals surface area contributed by atoms with Crippen molar-refractivity contribution in [2.75, 3.05) is 0 Å². The van der Waals surface area contributed by atoms with Crippen molar-refractivity contribution in [1.29, 1.82) is 0 Å². The number of aromatic nitrogens is 1. The number of nitrogens with zero attached hydrogens (tertiary/aromatic N) is 2. The standard InChI is InChI=1S/C22H20N4O3S/c1-14-7-6-8-15(11-14)19-23-17(13-30-19)12-18(27)25-26-20(28)22(2,24-21(26)29)16-9-4-3-5-10-16/h3-11,13H,12H2,1-2H3,(H,24,29)(H,25,27). The van der Waals surface area contributed by atoms with Gasteiger partial charge < -0.3 is 5.32 Å². The third kappa shape index (κ3) is 3.69.